The topological polar surface area (TPSA) is 259 Å². The summed E-state index contributed by atoms with van der Waals surface area (Å²) in [5.41, 5.74) is 7.37. The molecule has 330 valence electrons. The van der Waals surface area contributed by atoms with Gasteiger partial charge in [-0.25, -0.2) is 27.5 Å². The van der Waals surface area contributed by atoms with Crippen molar-refractivity contribution in [2.45, 2.75) is 11.4 Å². The van der Waals surface area contributed by atoms with Crippen LogP contribution in [-0.4, -0.2) is 120 Å². The number of nitrogens with one attached hydrogen (secondary N) is 4. The van der Waals surface area contributed by atoms with Gasteiger partial charge < -0.3 is 49.9 Å². The van der Waals surface area contributed by atoms with E-state index in [-0.39, 0.29) is 53.0 Å². The summed E-state index contributed by atoms with van der Waals surface area (Å²) < 4.78 is 73.9. The number of aromatic nitrogens is 8. The number of imidazole rings is 1. The second kappa shape index (κ2) is 22.0. The number of fused-ring (bicyclic) bond motifs is 1. The van der Waals surface area contributed by atoms with Crippen LogP contribution in [-0.2, 0) is 42.6 Å². The number of nitrogens with two attached hydrogens (primary N) is 1. The zero-order valence-electron chi connectivity index (χ0n) is 33.3. The molecule has 0 saturated carbocycles. The third kappa shape index (κ3) is 12.5. The van der Waals surface area contributed by atoms with Gasteiger partial charge in [0.2, 0.25) is 21.3 Å². The number of carbonyl (C=O) groups is 1. The van der Waals surface area contributed by atoms with Crippen molar-refractivity contribution in [1.29, 1.82) is 0 Å². The molecule has 0 unspecified atom stereocenters. The van der Waals surface area contributed by atoms with Crippen molar-refractivity contribution < 1.29 is 41.3 Å². The first-order chi connectivity index (χ1) is 29.9. The molecule has 6 rings (SSSR count). The Bertz CT molecular complexity index is 2570. The maximum atomic E-state index is 14.2. The largest absolute Gasteiger partial charge is 0.478 e. The van der Waals surface area contributed by atoms with Crippen LogP contribution in [0.25, 0.3) is 11.2 Å². The Kier molecular flexibility index (Phi) is 16.3. The number of primary amides is 1. The highest BCUT2D eigenvalue weighted by Gasteiger charge is 2.18. The van der Waals surface area contributed by atoms with Crippen molar-refractivity contribution in [3.8, 4) is 5.88 Å². The first-order valence-corrected chi connectivity index (χ1v) is 21.4. The number of nitrogens with zero attached hydrogens (tertiary/aromatic N) is 8. The van der Waals surface area contributed by atoms with E-state index in [9.17, 15) is 17.6 Å². The molecule has 0 fully saturated rings. The van der Waals surface area contributed by atoms with Crippen molar-refractivity contribution in [3.63, 3.8) is 0 Å². The van der Waals surface area contributed by atoms with E-state index < -0.39 is 21.7 Å². The molecular formula is C37H42BrClFN13O8S. The highest BCUT2D eigenvalue weighted by Crippen LogP contribution is 2.30. The minimum Gasteiger partial charge on any atom is -0.478 e. The molecule has 0 spiro atoms. The lowest BCUT2D eigenvalue weighted by molar-refractivity contribution is -0.00216. The Morgan fingerprint density at radius 3 is 2.24 bits per heavy atom. The molecule has 4 heterocycles. The molecule has 6 aromatic rings. The highest BCUT2D eigenvalue weighted by atomic mass is 79.9. The van der Waals surface area contributed by atoms with Gasteiger partial charge in [-0.15, -0.1) is 5.10 Å². The summed E-state index contributed by atoms with van der Waals surface area (Å²) in [5.74, 6) is -0.557. The van der Waals surface area contributed by atoms with Crippen LogP contribution < -0.4 is 31.1 Å². The van der Waals surface area contributed by atoms with Crippen LogP contribution in [0.3, 0.4) is 0 Å². The first-order valence-electron chi connectivity index (χ1n) is 18.7. The minimum atomic E-state index is -3.82. The van der Waals surface area contributed by atoms with E-state index >= 15 is 0 Å². The summed E-state index contributed by atoms with van der Waals surface area (Å²) >= 11 is 9.44. The molecule has 0 aliphatic heterocycles. The van der Waals surface area contributed by atoms with Gasteiger partial charge in [0.25, 0.3) is 11.8 Å². The van der Waals surface area contributed by atoms with Gasteiger partial charge in [-0.05, 0) is 63.9 Å². The molecule has 21 nitrogen and oxygen atoms in total. The molecule has 6 N–H and O–H groups in total. The zero-order valence-corrected chi connectivity index (χ0v) is 36.5. The number of rotatable bonds is 25. The van der Waals surface area contributed by atoms with Crippen LogP contribution in [0, 0.1) is 5.82 Å². The second-order valence-corrected chi connectivity index (χ2v) is 15.8. The number of anilines is 6. The fraction of sp³-hybridized carbons (Fsp3) is 0.324. The minimum absolute atomic E-state index is 0.0416. The number of halogens is 3. The standard InChI is InChI=1S/C37H42BrClFN13O8S/c1-52-22-43-30-33(48-36(39)50-34(30)52)47-28-21-53(51-35(28)57-2)11-13-59-15-17-61-19-18-60-16-14-58-12-10-44-62(55,56)24-8-6-23(7-9-24)45-37-42-20-25(38)32(49-37)46-27-5-3-4-26(40)29(27)31(41)54/h3-9,20-22,44H,10-19H2,1-2H3,(H2,41,54)(H,47,48,50)(H2,42,45,46,49). The van der Waals surface area contributed by atoms with Gasteiger partial charge in [0.05, 0.1) is 99.7 Å². The van der Waals surface area contributed by atoms with Gasteiger partial charge >= 0.3 is 0 Å². The maximum Gasteiger partial charge on any atom is 0.256 e. The molecule has 0 bridgehead atoms. The number of ether oxygens (including phenoxy) is 5. The van der Waals surface area contributed by atoms with E-state index in [2.05, 4.69) is 66.6 Å². The van der Waals surface area contributed by atoms with Gasteiger partial charge in [0.15, 0.2) is 17.0 Å². The zero-order chi connectivity index (χ0) is 44.1. The van der Waals surface area contributed by atoms with E-state index in [1.165, 1.54) is 37.6 Å². The molecule has 0 saturated heterocycles. The summed E-state index contributed by atoms with van der Waals surface area (Å²) in [6.45, 7) is 3.09. The van der Waals surface area contributed by atoms with Crippen LogP contribution in [0.2, 0.25) is 5.28 Å². The van der Waals surface area contributed by atoms with Crippen molar-refractivity contribution in [2.75, 3.05) is 82.5 Å². The van der Waals surface area contributed by atoms with Gasteiger partial charge in [0.1, 0.15) is 17.3 Å². The summed E-state index contributed by atoms with van der Waals surface area (Å²) in [7, 11) is -0.480. The Balaban J connectivity index is 0.802. The Labute approximate surface area is 368 Å². The van der Waals surface area contributed by atoms with Crippen LogP contribution in [0.15, 0.2) is 70.6 Å². The van der Waals surface area contributed by atoms with E-state index in [1.54, 1.807) is 33.9 Å². The Morgan fingerprint density at radius 1 is 0.871 bits per heavy atom. The molecular weight excluding hydrogens is 921 g/mol. The lowest BCUT2D eigenvalue weighted by Crippen LogP contribution is -2.27. The van der Waals surface area contributed by atoms with E-state index in [0.29, 0.717) is 84.9 Å². The Morgan fingerprint density at radius 2 is 1.55 bits per heavy atom. The van der Waals surface area contributed by atoms with Crippen molar-refractivity contribution in [3.05, 3.63) is 82.3 Å². The number of methoxy groups -OCH3 is 1. The number of carbonyl (C=O) groups excluding carboxylic acids is 1. The fourth-order valence-electron chi connectivity index (χ4n) is 5.57. The second-order valence-electron chi connectivity index (χ2n) is 12.8. The lowest BCUT2D eigenvalue weighted by atomic mass is 10.1. The number of hydrogen-bond acceptors (Lipinski definition) is 17. The predicted octanol–water partition coefficient (Wildman–Crippen LogP) is 4.29. The smallest absolute Gasteiger partial charge is 0.256 e. The molecule has 0 atom stereocenters. The van der Waals surface area contributed by atoms with Crippen molar-refractivity contribution in [1.82, 2.24) is 44.0 Å². The monoisotopic (exact) mass is 961 g/mol. The third-order valence-electron chi connectivity index (χ3n) is 8.50. The van der Waals surface area contributed by atoms with Gasteiger partial charge in [-0.2, -0.15) is 15.0 Å². The molecule has 25 heteroatoms. The number of amides is 1. The molecule has 62 heavy (non-hydrogen) atoms. The normalized spacial score (nSPS) is 11.6. The van der Waals surface area contributed by atoms with Crippen LogP contribution in [0.5, 0.6) is 5.88 Å². The Hall–Kier alpha value is -5.60. The SMILES string of the molecule is COc1nn(CCOCCOCCOCCOCCNS(=O)(=O)c2ccc(Nc3ncc(Br)c(Nc4cccc(F)c4C(N)=O)n3)cc2)cc1Nc1nc(Cl)nc2c1ncn2C. The van der Waals surface area contributed by atoms with Crippen LogP contribution in [0.1, 0.15) is 10.4 Å². The van der Waals surface area contributed by atoms with Crippen molar-refractivity contribution >= 4 is 89.3 Å². The number of benzene rings is 2. The van der Waals surface area contributed by atoms with Gasteiger partial charge in [0, 0.05) is 25.5 Å². The predicted molar refractivity (Wildman–Crippen MR) is 229 cm³/mol. The summed E-state index contributed by atoms with van der Waals surface area (Å²) in [6.07, 6.45) is 4.85. The maximum absolute atomic E-state index is 14.2. The number of sulfonamides is 1. The number of aryl methyl sites for hydroxylation is 1. The molecule has 0 aliphatic rings. The van der Waals surface area contributed by atoms with Crippen LogP contribution >= 0.6 is 27.5 Å². The molecule has 2 aromatic carbocycles. The van der Waals surface area contributed by atoms with E-state index in [4.69, 9.17) is 41.0 Å². The lowest BCUT2D eigenvalue weighted by Gasteiger charge is -2.13. The van der Waals surface area contributed by atoms with Crippen LogP contribution in [0.4, 0.5) is 39.0 Å². The molecule has 0 aliphatic carbocycles. The fourth-order valence-corrected chi connectivity index (χ4v) is 7.04. The molecule has 1 amide bonds. The van der Waals surface area contributed by atoms with E-state index in [0.717, 1.165) is 6.07 Å². The highest BCUT2D eigenvalue weighted by molar-refractivity contribution is 9.10. The third-order valence-corrected chi connectivity index (χ3v) is 10.7. The van der Waals surface area contributed by atoms with Gasteiger partial charge in [-0.3, -0.25) is 9.48 Å². The molecule has 4 aromatic heterocycles. The summed E-state index contributed by atoms with van der Waals surface area (Å²) in [5, 5.41) is 13.5. The summed E-state index contributed by atoms with van der Waals surface area (Å²) in [4.78, 5) is 33.2. The van der Waals surface area contributed by atoms with E-state index in [1.807, 2.05) is 7.05 Å². The summed E-state index contributed by atoms with van der Waals surface area (Å²) in [6, 6.07) is 9.97. The quantitative estimate of drug-likeness (QED) is 0.0396. The average Bonchev–Trinajstić information content (AvgIpc) is 3.82. The van der Waals surface area contributed by atoms with Gasteiger partial charge in [-0.1, -0.05) is 6.07 Å². The van der Waals surface area contributed by atoms with Crippen molar-refractivity contribution in [2.24, 2.45) is 12.8 Å². The number of hydrogen-bond donors (Lipinski definition) is 5. The molecule has 0 radical (unpaired) electrons. The first kappa shape index (κ1) is 45.9. The average molecular weight is 963 g/mol.